The molecule has 0 spiro atoms. The molecular weight excluding hydrogens is 493 g/mol. The number of piperazine rings is 1. The lowest BCUT2D eigenvalue weighted by Gasteiger charge is -2.35. The van der Waals surface area contributed by atoms with Crippen LogP contribution in [0, 0.1) is 5.82 Å². The van der Waals surface area contributed by atoms with E-state index in [9.17, 15) is 17.6 Å². The molecule has 10 heteroatoms. The van der Waals surface area contributed by atoms with E-state index in [2.05, 4.69) is 5.32 Å². The van der Waals surface area contributed by atoms with Gasteiger partial charge in [0.1, 0.15) is 16.5 Å². The van der Waals surface area contributed by atoms with Crippen molar-refractivity contribution in [2.24, 2.45) is 0 Å². The molecule has 0 atom stereocenters. The van der Waals surface area contributed by atoms with Crippen LogP contribution in [0.15, 0.2) is 71.6 Å². The summed E-state index contributed by atoms with van der Waals surface area (Å²) in [6.45, 7) is 3.53. The van der Waals surface area contributed by atoms with Gasteiger partial charge in [-0.25, -0.2) is 12.8 Å². The van der Waals surface area contributed by atoms with Crippen LogP contribution in [0.3, 0.4) is 0 Å². The minimum Gasteiger partial charge on any atom is -0.494 e. The number of hydrogen-bond acceptors (Lipinski definition) is 5. The third-order valence-electron chi connectivity index (χ3n) is 5.67. The van der Waals surface area contributed by atoms with Crippen LogP contribution in [0.2, 0.25) is 5.02 Å². The highest BCUT2D eigenvalue weighted by Gasteiger charge is 2.31. The molecule has 0 aromatic heterocycles. The molecule has 1 saturated heterocycles. The summed E-state index contributed by atoms with van der Waals surface area (Å²) in [6, 6.07) is 17.4. The van der Waals surface area contributed by atoms with Gasteiger partial charge in [-0.1, -0.05) is 23.7 Å². The van der Waals surface area contributed by atoms with E-state index in [1.54, 1.807) is 30.3 Å². The number of hydrogen-bond donors (Lipinski definition) is 1. The van der Waals surface area contributed by atoms with E-state index in [1.165, 1.54) is 10.4 Å². The van der Waals surface area contributed by atoms with Crippen LogP contribution in [-0.2, 0) is 10.0 Å². The summed E-state index contributed by atoms with van der Waals surface area (Å²) in [5.41, 5.74) is 1.36. The van der Waals surface area contributed by atoms with E-state index in [4.69, 9.17) is 16.3 Å². The first-order valence-corrected chi connectivity index (χ1v) is 12.9. The Morgan fingerprint density at radius 1 is 1.03 bits per heavy atom. The van der Waals surface area contributed by atoms with Gasteiger partial charge in [-0.2, -0.15) is 4.31 Å². The summed E-state index contributed by atoms with van der Waals surface area (Å²) in [5, 5.41) is 3.27. The highest BCUT2D eigenvalue weighted by molar-refractivity contribution is 7.89. The standard InChI is InChI=1S/C25H25ClFN3O4S/c1-2-34-20-10-8-19(9-11-20)28-25(31)18-7-12-22(27)24(17-18)35(32,33)30-15-13-29(14-16-30)23-6-4-3-5-21(23)26/h3-12,17H,2,13-16H2,1H3,(H,28,31). The number of para-hydroxylation sites is 1. The molecule has 1 fully saturated rings. The van der Waals surface area contributed by atoms with E-state index in [-0.39, 0.29) is 18.7 Å². The molecule has 1 heterocycles. The second kappa shape index (κ2) is 10.6. The molecule has 1 aliphatic heterocycles. The van der Waals surface area contributed by atoms with Crippen LogP contribution in [0.5, 0.6) is 5.75 Å². The molecule has 7 nitrogen and oxygen atoms in total. The van der Waals surface area contributed by atoms with E-state index < -0.39 is 26.6 Å². The van der Waals surface area contributed by atoms with Gasteiger partial charge in [-0.3, -0.25) is 4.79 Å². The van der Waals surface area contributed by atoms with Gasteiger partial charge in [0.25, 0.3) is 5.91 Å². The van der Waals surface area contributed by atoms with Crippen molar-refractivity contribution in [3.8, 4) is 5.75 Å². The third-order valence-corrected chi connectivity index (χ3v) is 7.90. The number of nitrogens with zero attached hydrogens (tertiary/aromatic N) is 2. The molecule has 1 amide bonds. The van der Waals surface area contributed by atoms with Gasteiger partial charge < -0.3 is 15.0 Å². The highest BCUT2D eigenvalue weighted by atomic mass is 35.5. The number of benzene rings is 3. The maximum atomic E-state index is 14.6. The van der Waals surface area contributed by atoms with Gasteiger partial charge in [0, 0.05) is 37.4 Å². The fourth-order valence-electron chi connectivity index (χ4n) is 3.86. The molecule has 3 aromatic carbocycles. The van der Waals surface area contributed by atoms with Gasteiger partial charge in [-0.15, -0.1) is 0 Å². The molecule has 0 aliphatic carbocycles. The number of rotatable bonds is 7. The number of amides is 1. The summed E-state index contributed by atoms with van der Waals surface area (Å²) in [5.74, 6) is -0.791. The predicted molar refractivity (Wildman–Crippen MR) is 134 cm³/mol. The summed E-state index contributed by atoms with van der Waals surface area (Å²) < 4.78 is 47.7. The largest absolute Gasteiger partial charge is 0.494 e. The van der Waals surface area contributed by atoms with Crippen molar-refractivity contribution in [2.75, 3.05) is 43.0 Å². The number of anilines is 2. The van der Waals surface area contributed by atoms with Crippen molar-refractivity contribution in [3.63, 3.8) is 0 Å². The van der Waals surface area contributed by atoms with Crippen LogP contribution in [0.1, 0.15) is 17.3 Å². The average molecular weight is 518 g/mol. The lowest BCUT2D eigenvalue weighted by atomic mass is 10.2. The summed E-state index contributed by atoms with van der Waals surface area (Å²) in [4.78, 5) is 14.2. The first kappa shape index (κ1) is 25.0. The van der Waals surface area contributed by atoms with Crippen molar-refractivity contribution in [2.45, 2.75) is 11.8 Å². The second-order valence-electron chi connectivity index (χ2n) is 7.90. The molecule has 0 radical (unpaired) electrons. The fourth-order valence-corrected chi connectivity index (χ4v) is 5.63. The van der Waals surface area contributed by atoms with E-state index in [1.807, 2.05) is 30.0 Å². The minimum absolute atomic E-state index is 0.0357. The topological polar surface area (TPSA) is 78.9 Å². The molecule has 1 N–H and O–H groups in total. The fraction of sp³-hybridized carbons (Fsp3) is 0.240. The van der Waals surface area contributed by atoms with E-state index in [0.29, 0.717) is 36.2 Å². The van der Waals surface area contributed by atoms with Gasteiger partial charge >= 0.3 is 0 Å². The molecule has 1 aliphatic rings. The maximum Gasteiger partial charge on any atom is 0.255 e. The number of halogens is 2. The molecule has 0 saturated carbocycles. The molecular formula is C25H25ClFN3O4S. The average Bonchev–Trinajstić information content (AvgIpc) is 2.86. The minimum atomic E-state index is -4.15. The zero-order valence-electron chi connectivity index (χ0n) is 19.1. The summed E-state index contributed by atoms with van der Waals surface area (Å²) in [7, 11) is -4.15. The van der Waals surface area contributed by atoms with Gasteiger partial charge in [0.05, 0.1) is 17.3 Å². The maximum absolute atomic E-state index is 14.6. The molecule has 3 aromatic rings. The van der Waals surface area contributed by atoms with Crippen molar-refractivity contribution in [1.82, 2.24) is 4.31 Å². The van der Waals surface area contributed by atoms with Crippen LogP contribution >= 0.6 is 11.6 Å². The molecule has 35 heavy (non-hydrogen) atoms. The number of carbonyl (C=O) groups is 1. The van der Waals surface area contributed by atoms with Crippen LogP contribution < -0.4 is 15.0 Å². The number of ether oxygens (including phenoxy) is 1. The smallest absolute Gasteiger partial charge is 0.255 e. The highest BCUT2D eigenvalue weighted by Crippen LogP contribution is 2.28. The molecule has 184 valence electrons. The van der Waals surface area contributed by atoms with Crippen LogP contribution in [0.25, 0.3) is 0 Å². The first-order valence-electron chi connectivity index (χ1n) is 11.1. The Labute approximate surface area is 209 Å². The van der Waals surface area contributed by atoms with Gasteiger partial charge in [0.15, 0.2) is 0 Å². The second-order valence-corrected chi connectivity index (χ2v) is 10.2. The lowest BCUT2D eigenvalue weighted by Crippen LogP contribution is -2.48. The van der Waals surface area contributed by atoms with Gasteiger partial charge in [-0.05, 0) is 61.5 Å². The Morgan fingerprint density at radius 3 is 2.37 bits per heavy atom. The Kier molecular flexibility index (Phi) is 7.59. The van der Waals surface area contributed by atoms with Crippen LogP contribution in [0.4, 0.5) is 15.8 Å². The number of sulfonamides is 1. The van der Waals surface area contributed by atoms with Crippen molar-refractivity contribution in [3.05, 3.63) is 83.1 Å². The van der Waals surface area contributed by atoms with E-state index >= 15 is 0 Å². The van der Waals surface area contributed by atoms with E-state index in [0.717, 1.165) is 17.8 Å². The summed E-state index contributed by atoms with van der Waals surface area (Å²) in [6.07, 6.45) is 0. The Morgan fingerprint density at radius 2 is 1.71 bits per heavy atom. The lowest BCUT2D eigenvalue weighted by molar-refractivity contribution is 0.102. The molecule has 4 rings (SSSR count). The summed E-state index contributed by atoms with van der Waals surface area (Å²) >= 11 is 6.26. The zero-order chi connectivity index (χ0) is 25.0. The Bertz CT molecular complexity index is 1310. The Hall–Kier alpha value is -3.14. The van der Waals surface area contributed by atoms with Crippen molar-refractivity contribution >= 4 is 38.9 Å². The normalized spacial score (nSPS) is 14.5. The number of nitrogens with one attached hydrogen (secondary N) is 1. The SMILES string of the molecule is CCOc1ccc(NC(=O)c2ccc(F)c(S(=O)(=O)N3CCN(c4ccccc4Cl)CC3)c2)cc1. The predicted octanol–water partition coefficient (Wildman–Crippen LogP) is 4.64. The van der Waals surface area contributed by atoms with Crippen molar-refractivity contribution in [1.29, 1.82) is 0 Å². The monoisotopic (exact) mass is 517 g/mol. The number of carbonyl (C=O) groups excluding carboxylic acids is 1. The first-order chi connectivity index (χ1) is 16.8. The van der Waals surface area contributed by atoms with Crippen LogP contribution in [-0.4, -0.2) is 51.4 Å². The quantitative estimate of drug-likeness (QED) is 0.494. The van der Waals surface area contributed by atoms with Gasteiger partial charge in [0.2, 0.25) is 10.0 Å². The molecule has 0 bridgehead atoms. The third kappa shape index (κ3) is 5.58. The zero-order valence-corrected chi connectivity index (χ0v) is 20.7. The Balaban J connectivity index is 1.48. The molecule has 0 unspecified atom stereocenters. The van der Waals surface area contributed by atoms with Crippen molar-refractivity contribution < 1.29 is 22.3 Å².